The summed E-state index contributed by atoms with van der Waals surface area (Å²) >= 11 is 0. The second-order valence-corrected chi connectivity index (χ2v) is 12.1. The number of nitrogens with zero attached hydrogens (tertiary/aromatic N) is 3. The number of benzene rings is 1. The van der Waals surface area contributed by atoms with Gasteiger partial charge in [0.25, 0.3) is 0 Å². The summed E-state index contributed by atoms with van der Waals surface area (Å²) in [6, 6.07) is 11.5. The van der Waals surface area contributed by atoms with Crippen molar-refractivity contribution < 1.29 is 24.1 Å². The zero-order chi connectivity index (χ0) is 29.1. The minimum atomic E-state index is -1.16. The maximum Gasteiger partial charge on any atom is 0.337 e. The first-order valence-electron chi connectivity index (χ1n) is 13.7. The predicted molar refractivity (Wildman–Crippen MR) is 156 cm³/mol. The lowest BCUT2D eigenvalue weighted by Gasteiger charge is -2.40. The molecule has 0 amide bonds. The van der Waals surface area contributed by atoms with Crippen LogP contribution in [0.15, 0.2) is 48.8 Å². The summed E-state index contributed by atoms with van der Waals surface area (Å²) in [7, 11) is 1.64. The molecule has 1 aliphatic heterocycles. The molecule has 4 rings (SSSR count). The monoisotopic (exact) mass is 547 g/mol. The van der Waals surface area contributed by atoms with Crippen LogP contribution in [0.1, 0.15) is 70.4 Å². The van der Waals surface area contributed by atoms with Gasteiger partial charge in [0.2, 0.25) is 0 Å². The Morgan fingerprint density at radius 3 is 2.23 bits per heavy atom. The second kappa shape index (κ2) is 11.8. The number of ether oxygens (including phenoxy) is 3. The van der Waals surface area contributed by atoms with Gasteiger partial charge in [0, 0.05) is 36.1 Å². The van der Waals surface area contributed by atoms with Crippen molar-refractivity contribution in [2.45, 2.75) is 72.7 Å². The zero-order valence-electron chi connectivity index (χ0n) is 24.7. The molecule has 0 radical (unpaired) electrons. The number of carbonyl (C=O) groups is 1. The van der Waals surface area contributed by atoms with Gasteiger partial charge in [0.15, 0.2) is 6.10 Å². The summed E-state index contributed by atoms with van der Waals surface area (Å²) in [5.41, 5.74) is 4.13. The highest BCUT2D eigenvalue weighted by Crippen LogP contribution is 2.43. The molecule has 0 spiro atoms. The topological polar surface area (TPSA) is 94.0 Å². The molecule has 0 bridgehead atoms. The fraction of sp³-hybridized carbons (Fsp3) is 0.469. The molecule has 8 nitrogen and oxygen atoms in total. The molecule has 3 aromatic rings. The van der Waals surface area contributed by atoms with Crippen molar-refractivity contribution in [2.24, 2.45) is 5.41 Å². The van der Waals surface area contributed by atoms with Crippen LogP contribution in [-0.4, -0.2) is 46.8 Å². The Balaban J connectivity index is 1.70. The second-order valence-electron chi connectivity index (χ2n) is 12.1. The van der Waals surface area contributed by atoms with Gasteiger partial charge in [-0.15, -0.1) is 0 Å². The molecule has 1 fully saturated rings. The smallest absolute Gasteiger partial charge is 0.337 e. The van der Waals surface area contributed by atoms with Crippen LogP contribution in [0.25, 0.3) is 11.3 Å². The number of aryl methyl sites for hydroxylation is 1. The van der Waals surface area contributed by atoms with Gasteiger partial charge >= 0.3 is 5.97 Å². The van der Waals surface area contributed by atoms with Crippen molar-refractivity contribution >= 4 is 11.7 Å². The van der Waals surface area contributed by atoms with Gasteiger partial charge in [-0.05, 0) is 75.8 Å². The first kappa shape index (κ1) is 29.3. The standard InChI is InChI=1S/C32H41N3O5/c1-21-27(29(30(36)37)40-31(2,3)4)28(35-16-14-32(5,6)15-17-35)25(19-33-21)26-13-12-24(18-34-26)39-20-22-8-10-23(38-7)11-9-22/h8-13,18-19,29H,14-17,20H2,1-7H3,(H,36,37). The average molecular weight is 548 g/mol. The van der Waals surface area contributed by atoms with Crippen LogP contribution in [0.2, 0.25) is 0 Å². The van der Waals surface area contributed by atoms with Crippen LogP contribution >= 0.6 is 0 Å². The van der Waals surface area contributed by atoms with E-state index in [1.165, 1.54) is 0 Å². The lowest BCUT2D eigenvalue weighted by molar-refractivity contribution is -0.160. The quantitative estimate of drug-likeness (QED) is 0.320. The Labute approximate surface area is 237 Å². The van der Waals surface area contributed by atoms with E-state index in [9.17, 15) is 9.90 Å². The van der Waals surface area contributed by atoms with Gasteiger partial charge in [0.1, 0.15) is 18.1 Å². The average Bonchev–Trinajstić information content (AvgIpc) is 2.91. The minimum absolute atomic E-state index is 0.230. The predicted octanol–water partition coefficient (Wildman–Crippen LogP) is 6.61. The minimum Gasteiger partial charge on any atom is -0.497 e. The normalized spacial score (nSPS) is 15.9. The number of hydrogen-bond donors (Lipinski definition) is 1. The first-order valence-corrected chi connectivity index (χ1v) is 13.7. The summed E-state index contributed by atoms with van der Waals surface area (Å²) in [4.78, 5) is 24.2. The number of rotatable bonds is 9. The number of piperidine rings is 1. The molecule has 2 aromatic heterocycles. The van der Waals surface area contributed by atoms with Gasteiger partial charge < -0.3 is 24.2 Å². The summed E-state index contributed by atoms with van der Waals surface area (Å²) in [5.74, 6) is 0.401. The summed E-state index contributed by atoms with van der Waals surface area (Å²) in [5, 5.41) is 10.3. The lowest BCUT2D eigenvalue weighted by Crippen LogP contribution is -2.39. The molecule has 1 aliphatic rings. The van der Waals surface area contributed by atoms with Crippen molar-refractivity contribution in [3.05, 3.63) is 65.6 Å². The molecule has 3 heterocycles. The fourth-order valence-corrected chi connectivity index (χ4v) is 4.89. The number of carboxylic acid groups (broad SMARTS) is 1. The highest BCUT2D eigenvalue weighted by atomic mass is 16.5. The van der Waals surface area contributed by atoms with Gasteiger partial charge in [-0.3, -0.25) is 9.97 Å². The van der Waals surface area contributed by atoms with Crippen LogP contribution in [-0.2, 0) is 16.1 Å². The molecule has 1 aromatic carbocycles. The lowest BCUT2D eigenvalue weighted by atomic mass is 9.82. The third-order valence-electron chi connectivity index (χ3n) is 7.26. The molecule has 1 saturated heterocycles. The SMILES string of the molecule is COc1ccc(COc2ccc(-c3cnc(C)c(C(OC(C)(C)C)C(=O)O)c3N3CCC(C)(C)CC3)nc2)cc1. The Morgan fingerprint density at radius 2 is 1.68 bits per heavy atom. The van der Waals surface area contributed by atoms with E-state index in [0.29, 0.717) is 29.3 Å². The van der Waals surface area contributed by atoms with E-state index in [0.717, 1.165) is 48.5 Å². The Morgan fingerprint density at radius 1 is 1.02 bits per heavy atom. The molecule has 40 heavy (non-hydrogen) atoms. The van der Waals surface area contributed by atoms with E-state index < -0.39 is 17.7 Å². The highest BCUT2D eigenvalue weighted by Gasteiger charge is 2.36. The molecule has 0 aliphatic carbocycles. The third-order valence-corrected chi connectivity index (χ3v) is 7.26. The highest BCUT2D eigenvalue weighted by molar-refractivity contribution is 5.85. The molecule has 8 heteroatoms. The number of pyridine rings is 2. The van der Waals surface area contributed by atoms with Crippen molar-refractivity contribution in [3.8, 4) is 22.8 Å². The van der Waals surface area contributed by atoms with Crippen molar-refractivity contribution in [1.29, 1.82) is 0 Å². The molecule has 1 unspecified atom stereocenters. The number of carboxylic acids is 1. The van der Waals surface area contributed by atoms with Crippen LogP contribution in [0.3, 0.4) is 0 Å². The largest absolute Gasteiger partial charge is 0.497 e. The fourth-order valence-electron chi connectivity index (χ4n) is 4.89. The van der Waals surface area contributed by atoms with E-state index in [-0.39, 0.29) is 5.41 Å². The molecule has 0 saturated carbocycles. The van der Waals surface area contributed by atoms with Crippen LogP contribution in [0.4, 0.5) is 5.69 Å². The van der Waals surface area contributed by atoms with Crippen LogP contribution in [0.5, 0.6) is 11.5 Å². The van der Waals surface area contributed by atoms with Gasteiger partial charge in [-0.1, -0.05) is 26.0 Å². The van der Waals surface area contributed by atoms with Gasteiger partial charge in [-0.25, -0.2) is 4.79 Å². The zero-order valence-corrected chi connectivity index (χ0v) is 24.7. The third kappa shape index (κ3) is 7.10. The molecular formula is C32H41N3O5. The first-order chi connectivity index (χ1) is 18.9. The number of methoxy groups -OCH3 is 1. The van der Waals surface area contributed by atoms with Crippen LogP contribution in [0, 0.1) is 12.3 Å². The van der Waals surface area contributed by atoms with E-state index in [4.69, 9.17) is 19.2 Å². The van der Waals surface area contributed by atoms with E-state index in [2.05, 4.69) is 23.7 Å². The number of anilines is 1. The number of aliphatic carboxylic acids is 1. The van der Waals surface area contributed by atoms with E-state index >= 15 is 0 Å². The summed E-state index contributed by atoms with van der Waals surface area (Å²) in [6.45, 7) is 14.0. The molecule has 214 valence electrons. The van der Waals surface area contributed by atoms with Crippen molar-refractivity contribution in [2.75, 3.05) is 25.1 Å². The Kier molecular flexibility index (Phi) is 8.68. The van der Waals surface area contributed by atoms with Gasteiger partial charge in [-0.2, -0.15) is 0 Å². The summed E-state index contributed by atoms with van der Waals surface area (Å²) < 4.78 is 17.3. The maximum atomic E-state index is 12.6. The molecular weight excluding hydrogens is 506 g/mol. The van der Waals surface area contributed by atoms with Crippen molar-refractivity contribution in [1.82, 2.24) is 9.97 Å². The Hall–Kier alpha value is -3.65. The number of hydrogen-bond acceptors (Lipinski definition) is 7. The number of aromatic nitrogens is 2. The Bertz CT molecular complexity index is 1300. The summed E-state index contributed by atoms with van der Waals surface area (Å²) in [6.07, 6.45) is 4.32. The van der Waals surface area contributed by atoms with Crippen LogP contribution < -0.4 is 14.4 Å². The van der Waals surface area contributed by atoms with Crippen molar-refractivity contribution in [3.63, 3.8) is 0 Å². The maximum absolute atomic E-state index is 12.6. The molecule has 1 atom stereocenters. The van der Waals surface area contributed by atoms with E-state index in [1.54, 1.807) is 19.5 Å². The van der Waals surface area contributed by atoms with E-state index in [1.807, 2.05) is 64.1 Å². The molecule has 1 N–H and O–H groups in total. The van der Waals surface area contributed by atoms with Gasteiger partial charge in [0.05, 0.1) is 30.3 Å².